The number of thioether (sulfide) groups is 1. The standard InChI is InChI=1S/C30H25F3N2OS2/c31-30(32,33)22-13-14-27-25(17-22)35(24-11-5-6-12-26(24)38-27)28(36)18-37-29-21(15-19-7-1-2-8-19)16-20-9-3-4-10-23(20)34-29/h3-6,9-14,16-17,19H,1-2,7-8,15,18H2. The summed E-state index contributed by atoms with van der Waals surface area (Å²) in [6.07, 6.45) is 1.34. The molecule has 1 amide bonds. The van der Waals surface area contributed by atoms with Gasteiger partial charge in [-0.25, -0.2) is 4.98 Å². The first-order valence-electron chi connectivity index (χ1n) is 12.7. The Morgan fingerprint density at radius 2 is 1.68 bits per heavy atom. The second-order valence-corrected chi connectivity index (χ2v) is 11.8. The number of halogens is 3. The first kappa shape index (κ1) is 25.3. The molecule has 0 atom stereocenters. The van der Waals surface area contributed by atoms with Crippen LogP contribution in [0.15, 0.2) is 87.6 Å². The van der Waals surface area contributed by atoms with E-state index in [0.717, 1.165) is 44.9 Å². The highest BCUT2D eigenvalue weighted by molar-refractivity contribution is 8.00. The number of fused-ring (bicyclic) bond motifs is 3. The molecule has 4 aromatic rings. The van der Waals surface area contributed by atoms with Gasteiger partial charge in [-0.2, -0.15) is 13.2 Å². The molecule has 1 aliphatic carbocycles. The lowest BCUT2D eigenvalue weighted by molar-refractivity contribution is -0.137. The summed E-state index contributed by atoms with van der Waals surface area (Å²) >= 11 is 2.75. The fourth-order valence-electron chi connectivity index (χ4n) is 5.33. The Morgan fingerprint density at radius 1 is 0.947 bits per heavy atom. The molecule has 0 spiro atoms. The van der Waals surface area contributed by atoms with Gasteiger partial charge in [0.05, 0.1) is 28.2 Å². The van der Waals surface area contributed by atoms with Crippen LogP contribution >= 0.6 is 23.5 Å². The van der Waals surface area contributed by atoms with Crippen molar-refractivity contribution >= 4 is 51.7 Å². The number of amides is 1. The molecule has 0 unspecified atom stereocenters. The van der Waals surface area contributed by atoms with Gasteiger partial charge in [0.25, 0.3) is 0 Å². The molecular formula is C30H25F3N2OS2. The Balaban J connectivity index is 1.33. The smallest absolute Gasteiger partial charge is 0.278 e. The molecule has 0 saturated heterocycles. The van der Waals surface area contributed by atoms with E-state index in [1.807, 2.05) is 30.3 Å². The van der Waals surface area contributed by atoms with Crippen LogP contribution in [0.5, 0.6) is 0 Å². The third-order valence-electron chi connectivity index (χ3n) is 7.18. The van der Waals surface area contributed by atoms with Crippen LogP contribution in [0.3, 0.4) is 0 Å². The topological polar surface area (TPSA) is 33.2 Å². The third kappa shape index (κ3) is 5.04. The van der Waals surface area contributed by atoms with Crippen molar-refractivity contribution in [3.05, 3.63) is 83.9 Å². The van der Waals surface area contributed by atoms with E-state index in [1.54, 1.807) is 12.1 Å². The predicted octanol–water partition coefficient (Wildman–Crippen LogP) is 8.91. The maximum atomic E-state index is 13.8. The Bertz CT molecular complexity index is 1520. The summed E-state index contributed by atoms with van der Waals surface area (Å²) in [5.41, 5.74) is 2.12. The molecule has 1 fully saturated rings. The molecule has 194 valence electrons. The molecule has 1 saturated carbocycles. The molecular weight excluding hydrogens is 525 g/mol. The van der Waals surface area contributed by atoms with E-state index in [1.165, 1.54) is 60.2 Å². The van der Waals surface area contributed by atoms with Crippen molar-refractivity contribution in [2.75, 3.05) is 10.7 Å². The molecule has 2 heterocycles. The highest BCUT2D eigenvalue weighted by atomic mass is 32.2. The van der Waals surface area contributed by atoms with Crippen LogP contribution in [0.1, 0.15) is 36.8 Å². The monoisotopic (exact) mass is 550 g/mol. The molecule has 0 bridgehead atoms. The minimum absolute atomic E-state index is 0.0672. The third-order valence-corrected chi connectivity index (χ3v) is 9.33. The number of aromatic nitrogens is 1. The number of alkyl halides is 3. The van der Waals surface area contributed by atoms with Crippen molar-refractivity contribution < 1.29 is 18.0 Å². The molecule has 2 aliphatic rings. The van der Waals surface area contributed by atoms with Crippen LogP contribution in [-0.4, -0.2) is 16.6 Å². The van der Waals surface area contributed by atoms with Crippen molar-refractivity contribution in [3.63, 3.8) is 0 Å². The Labute approximate surface area is 227 Å². The summed E-state index contributed by atoms with van der Waals surface area (Å²) in [5, 5.41) is 1.90. The van der Waals surface area contributed by atoms with Crippen molar-refractivity contribution in [3.8, 4) is 0 Å². The van der Waals surface area contributed by atoms with Crippen LogP contribution in [0.25, 0.3) is 10.9 Å². The molecule has 1 aromatic heterocycles. The maximum absolute atomic E-state index is 13.8. The second kappa shape index (κ2) is 10.3. The van der Waals surface area contributed by atoms with Gasteiger partial charge >= 0.3 is 6.18 Å². The van der Waals surface area contributed by atoms with E-state index in [2.05, 4.69) is 12.1 Å². The number of hydrogen-bond acceptors (Lipinski definition) is 4. The molecule has 38 heavy (non-hydrogen) atoms. The van der Waals surface area contributed by atoms with E-state index >= 15 is 0 Å². The van der Waals surface area contributed by atoms with Crippen LogP contribution in [0, 0.1) is 5.92 Å². The molecule has 1 aliphatic heterocycles. The van der Waals surface area contributed by atoms with Crippen LogP contribution in [0.2, 0.25) is 0 Å². The van der Waals surface area contributed by atoms with Crippen molar-refractivity contribution in [1.82, 2.24) is 4.98 Å². The van der Waals surface area contributed by atoms with Crippen LogP contribution in [-0.2, 0) is 17.4 Å². The van der Waals surface area contributed by atoms with Gasteiger partial charge in [0.15, 0.2) is 0 Å². The number of nitrogens with zero attached hydrogens (tertiary/aromatic N) is 2. The summed E-state index contributed by atoms with van der Waals surface area (Å²) in [7, 11) is 0. The van der Waals surface area contributed by atoms with E-state index in [0.29, 0.717) is 16.5 Å². The van der Waals surface area contributed by atoms with Gasteiger partial charge in [-0.1, -0.05) is 79.5 Å². The molecule has 8 heteroatoms. The lowest BCUT2D eigenvalue weighted by Crippen LogP contribution is -2.30. The van der Waals surface area contributed by atoms with Crippen molar-refractivity contribution in [1.29, 1.82) is 0 Å². The molecule has 0 radical (unpaired) electrons. The van der Waals surface area contributed by atoms with E-state index in [4.69, 9.17) is 4.98 Å². The minimum atomic E-state index is -4.50. The maximum Gasteiger partial charge on any atom is 0.416 e. The SMILES string of the molecule is O=C(CSc1nc2ccccc2cc1CC1CCCC1)N1c2ccccc2Sc2ccc(C(F)(F)F)cc21. The number of para-hydroxylation sites is 2. The van der Waals surface area contributed by atoms with Crippen molar-refractivity contribution in [2.45, 2.75) is 53.1 Å². The Kier molecular flexibility index (Phi) is 6.86. The highest BCUT2D eigenvalue weighted by Crippen LogP contribution is 2.50. The summed E-state index contributed by atoms with van der Waals surface area (Å²) in [4.78, 5) is 21.6. The van der Waals surface area contributed by atoms with Gasteiger partial charge < -0.3 is 0 Å². The zero-order valence-electron chi connectivity index (χ0n) is 20.5. The van der Waals surface area contributed by atoms with Crippen LogP contribution < -0.4 is 4.90 Å². The summed E-state index contributed by atoms with van der Waals surface area (Å²) < 4.78 is 40.7. The van der Waals surface area contributed by atoms with Crippen molar-refractivity contribution in [2.24, 2.45) is 5.92 Å². The number of hydrogen-bond donors (Lipinski definition) is 0. The highest BCUT2D eigenvalue weighted by Gasteiger charge is 2.35. The number of pyridine rings is 1. The van der Waals surface area contributed by atoms with Gasteiger partial charge in [0, 0.05) is 15.2 Å². The lowest BCUT2D eigenvalue weighted by atomic mass is 9.98. The fraction of sp³-hybridized carbons (Fsp3) is 0.267. The molecule has 3 nitrogen and oxygen atoms in total. The van der Waals surface area contributed by atoms with Crippen LogP contribution in [0.4, 0.5) is 24.5 Å². The number of rotatable bonds is 5. The van der Waals surface area contributed by atoms with Gasteiger partial charge in [0.1, 0.15) is 5.03 Å². The zero-order chi connectivity index (χ0) is 26.3. The normalized spacial score (nSPS) is 15.5. The quantitative estimate of drug-likeness (QED) is 0.232. The number of carbonyl (C=O) groups is 1. The Hall–Kier alpha value is -2.97. The largest absolute Gasteiger partial charge is 0.416 e. The average molecular weight is 551 g/mol. The van der Waals surface area contributed by atoms with Gasteiger partial charge in [-0.3, -0.25) is 9.69 Å². The molecule has 3 aromatic carbocycles. The van der Waals surface area contributed by atoms with E-state index in [-0.39, 0.29) is 17.3 Å². The number of carbonyl (C=O) groups excluding carboxylic acids is 1. The number of anilines is 2. The molecule has 6 rings (SSSR count). The van der Waals surface area contributed by atoms with Gasteiger partial charge in [0.2, 0.25) is 5.91 Å². The molecule has 0 N–H and O–H groups in total. The summed E-state index contributed by atoms with van der Waals surface area (Å²) in [5.74, 6) is 0.411. The summed E-state index contributed by atoms with van der Waals surface area (Å²) in [6.45, 7) is 0. The second-order valence-electron chi connectivity index (χ2n) is 9.77. The Morgan fingerprint density at radius 3 is 2.50 bits per heavy atom. The van der Waals surface area contributed by atoms with Gasteiger partial charge in [-0.15, -0.1) is 0 Å². The lowest BCUT2D eigenvalue weighted by Gasteiger charge is -2.31. The summed E-state index contributed by atoms with van der Waals surface area (Å²) in [6, 6.07) is 21.1. The zero-order valence-corrected chi connectivity index (χ0v) is 22.1. The first-order valence-corrected chi connectivity index (χ1v) is 14.5. The van der Waals surface area contributed by atoms with Gasteiger partial charge in [-0.05, 0) is 60.4 Å². The minimum Gasteiger partial charge on any atom is -0.278 e. The number of benzene rings is 3. The van der Waals surface area contributed by atoms with E-state index < -0.39 is 11.7 Å². The van der Waals surface area contributed by atoms with E-state index in [9.17, 15) is 18.0 Å². The average Bonchev–Trinajstić information content (AvgIpc) is 3.42. The predicted molar refractivity (Wildman–Crippen MR) is 147 cm³/mol. The first-order chi connectivity index (χ1) is 18.4. The fourth-order valence-corrected chi connectivity index (χ4v) is 7.25.